The molecule has 0 saturated carbocycles. The number of carbonyl (C=O) groups is 1. The summed E-state index contributed by atoms with van der Waals surface area (Å²) in [6.45, 7) is 5.22. The number of hydrogen-bond acceptors (Lipinski definition) is 5. The van der Waals surface area contributed by atoms with Gasteiger partial charge in [-0.2, -0.15) is 0 Å². The van der Waals surface area contributed by atoms with E-state index < -0.39 is 0 Å². The van der Waals surface area contributed by atoms with Crippen LogP contribution in [0.15, 0.2) is 48.8 Å². The van der Waals surface area contributed by atoms with Gasteiger partial charge in [-0.05, 0) is 31.0 Å². The molecule has 2 aromatic heterocycles. The lowest BCUT2D eigenvalue weighted by molar-refractivity contribution is 0.0768. The molecule has 3 heterocycles. The van der Waals surface area contributed by atoms with Crippen LogP contribution in [0.25, 0.3) is 10.9 Å². The average Bonchev–Trinajstić information content (AvgIpc) is 2.99. The molecule has 6 heteroatoms. The number of rotatable bonds is 3. The number of nitrogens with zero attached hydrogens (tertiary/aromatic N) is 4. The maximum Gasteiger partial charge on any atom is 0.254 e. The Bertz CT molecular complexity index is 1000. The zero-order valence-corrected chi connectivity index (χ0v) is 16.3. The Labute approximate surface area is 164 Å². The number of aromatic nitrogens is 2. The number of methoxy groups -OCH3 is 1. The molecule has 6 nitrogen and oxygen atoms in total. The van der Waals surface area contributed by atoms with E-state index in [1.807, 2.05) is 47.6 Å². The highest BCUT2D eigenvalue weighted by Gasteiger charge is 2.23. The fourth-order valence-corrected chi connectivity index (χ4v) is 3.79. The molecule has 0 radical (unpaired) electrons. The van der Waals surface area contributed by atoms with Crippen molar-refractivity contribution in [3.05, 3.63) is 59.9 Å². The van der Waals surface area contributed by atoms with E-state index in [1.165, 1.54) is 5.69 Å². The number of fused-ring (bicyclic) bond motifs is 1. The lowest BCUT2D eigenvalue weighted by Crippen LogP contribution is -2.35. The van der Waals surface area contributed by atoms with Crippen LogP contribution in [-0.2, 0) is 0 Å². The van der Waals surface area contributed by atoms with Gasteiger partial charge in [-0.15, -0.1) is 0 Å². The Balaban J connectivity index is 1.59. The van der Waals surface area contributed by atoms with Gasteiger partial charge in [-0.1, -0.05) is 18.2 Å². The van der Waals surface area contributed by atoms with Gasteiger partial charge in [0.1, 0.15) is 0 Å². The first kappa shape index (κ1) is 18.2. The second kappa shape index (κ2) is 7.84. The molecule has 1 saturated heterocycles. The highest BCUT2D eigenvalue weighted by atomic mass is 16.5. The zero-order chi connectivity index (χ0) is 19.5. The number of para-hydroxylation sites is 1. The molecule has 3 aromatic rings. The van der Waals surface area contributed by atoms with Crippen molar-refractivity contribution in [3.8, 4) is 5.88 Å². The minimum atomic E-state index is 0.0326. The predicted octanol–water partition coefficient (Wildman–Crippen LogP) is 3.30. The Morgan fingerprint density at radius 3 is 2.79 bits per heavy atom. The van der Waals surface area contributed by atoms with E-state index in [0.29, 0.717) is 18.0 Å². The van der Waals surface area contributed by atoms with Crippen LogP contribution in [0.4, 0.5) is 5.69 Å². The molecule has 0 N–H and O–H groups in total. The van der Waals surface area contributed by atoms with Crippen LogP contribution >= 0.6 is 0 Å². The molecule has 1 aliphatic heterocycles. The second-order valence-corrected chi connectivity index (χ2v) is 7.02. The molecule has 0 spiro atoms. The van der Waals surface area contributed by atoms with Crippen molar-refractivity contribution < 1.29 is 9.53 Å². The number of hydrogen-bond donors (Lipinski definition) is 0. The standard InChI is InChI=1S/C22H24N4O2/c1-16-15-23-9-8-20(16)25-10-5-11-26(13-12-25)22(27)18-14-21(28-2)24-19-7-4-3-6-17(18)19/h3-4,6-9,14-15H,5,10-13H2,1-2H3. The molecular formula is C22H24N4O2. The number of anilines is 1. The Morgan fingerprint density at radius 2 is 1.96 bits per heavy atom. The third-order valence-electron chi connectivity index (χ3n) is 5.25. The molecule has 144 valence electrons. The van der Waals surface area contributed by atoms with Gasteiger partial charge < -0.3 is 14.5 Å². The van der Waals surface area contributed by atoms with Gasteiger partial charge in [-0.25, -0.2) is 4.98 Å². The van der Waals surface area contributed by atoms with Crippen molar-refractivity contribution in [2.24, 2.45) is 0 Å². The summed E-state index contributed by atoms with van der Waals surface area (Å²) >= 11 is 0. The SMILES string of the molecule is COc1cc(C(=O)N2CCCN(c3ccncc3C)CC2)c2ccccc2n1. The number of aryl methyl sites for hydroxylation is 1. The molecule has 1 fully saturated rings. The van der Waals surface area contributed by atoms with Gasteiger partial charge in [0.15, 0.2) is 0 Å². The molecule has 28 heavy (non-hydrogen) atoms. The van der Waals surface area contributed by atoms with Crippen LogP contribution in [-0.4, -0.2) is 54.1 Å². The summed E-state index contributed by atoms with van der Waals surface area (Å²) < 4.78 is 5.32. The quantitative estimate of drug-likeness (QED) is 0.702. The summed E-state index contributed by atoms with van der Waals surface area (Å²) in [5.41, 5.74) is 3.78. The Hall–Kier alpha value is -3.15. The predicted molar refractivity (Wildman–Crippen MR) is 110 cm³/mol. The number of carbonyl (C=O) groups excluding carboxylic acids is 1. The third kappa shape index (κ3) is 3.50. The van der Waals surface area contributed by atoms with Crippen LogP contribution in [0.3, 0.4) is 0 Å². The average molecular weight is 376 g/mol. The Kier molecular flexibility index (Phi) is 5.10. The van der Waals surface area contributed by atoms with Gasteiger partial charge >= 0.3 is 0 Å². The summed E-state index contributed by atoms with van der Waals surface area (Å²) in [6, 6.07) is 11.5. The lowest BCUT2D eigenvalue weighted by atomic mass is 10.1. The maximum absolute atomic E-state index is 13.4. The van der Waals surface area contributed by atoms with E-state index in [2.05, 4.69) is 21.8 Å². The van der Waals surface area contributed by atoms with Crippen molar-refractivity contribution in [2.45, 2.75) is 13.3 Å². The van der Waals surface area contributed by atoms with E-state index in [9.17, 15) is 4.79 Å². The fourth-order valence-electron chi connectivity index (χ4n) is 3.79. The molecular weight excluding hydrogens is 352 g/mol. The number of benzene rings is 1. The van der Waals surface area contributed by atoms with Gasteiger partial charge in [0.05, 0.1) is 18.2 Å². The van der Waals surface area contributed by atoms with Crippen molar-refractivity contribution in [2.75, 3.05) is 38.2 Å². The fraction of sp³-hybridized carbons (Fsp3) is 0.318. The Morgan fingerprint density at radius 1 is 1.11 bits per heavy atom. The topological polar surface area (TPSA) is 58.6 Å². The minimum absolute atomic E-state index is 0.0326. The molecule has 0 atom stereocenters. The largest absolute Gasteiger partial charge is 0.481 e. The van der Waals surface area contributed by atoms with Crippen molar-refractivity contribution in [1.29, 1.82) is 0 Å². The molecule has 0 unspecified atom stereocenters. The zero-order valence-electron chi connectivity index (χ0n) is 16.3. The molecule has 1 amide bonds. The third-order valence-corrected chi connectivity index (χ3v) is 5.25. The van der Waals surface area contributed by atoms with Gasteiger partial charge in [0.25, 0.3) is 5.91 Å². The second-order valence-electron chi connectivity index (χ2n) is 7.02. The van der Waals surface area contributed by atoms with Crippen LogP contribution < -0.4 is 9.64 Å². The number of amides is 1. The van der Waals surface area contributed by atoms with E-state index in [1.54, 1.807) is 13.2 Å². The monoisotopic (exact) mass is 376 g/mol. The van der Waals surface area contributed by atoms with Crippen molar-refractivity contribution in [3.63, 3.8) is 0 Å². The van der Waals surface area contributed by atoms with Crippen LogP contribution in [0, 0.1) is 6.92 Å². The van der Waals surface area contributed by atoms with E-state index in [0.717, 1.165) is 42.5 Å². The van der Waals surface area contributed by atoms with Gasteiger partial charge in [0, 0.05) is 55.7 Å². The van der Waals surface area contributed by atoms with E-state index in [4.69, 9.17) is 4.74 Å². The highest BCUT2D eigenvalue weighted by Crippen LogP contribution is 2.25. The maximum atomic E-state index is 13.4. The first-order chi connectivity index (χ1) is 13.7. The molecule has 0 aliphatic carbocycles. The van der Waals surface area contributed by atoms with Crippen LogP contribution in [0.1, 0.15) is 22.3 Å². The molecule has 1 aliphatic rings. The number of pyridine rings is 2. The summed E-state index contributed by atoms with van der Waals surface area (Å²) in [5, 5.41) is 0.861. The minimum Gasteiger partial charge on any atom is -0.481 e. The van der Waals surface area contributed by atoms with E-state index in [-0.39, 0.29) is 5.91 Å². The first-order valence-electron chi connectivity index (χ1n) is 9.56. The highest BCUT2D eigenvalue weighted by molar-refractivity contribution is 6.06. The molecule has 0 bridgehead atoms. The molecule has 1 aromatic carbocycles. The van der Waals surface area contributed by atoms with Crippen LogP contribution in [0.5, 0.6) is 5.88 Å². The first-order valence-corrected chi connectivity index (χ1v) is 9.56. The summed E-state index contributed by atoms with van der Waals surface area (Å²) in [5.74, 6) is 0.496. The number of ether oxygens (including phenoxy) is 1. The smallest absolute Gasteiger partial charge is 0.254 e. The summed E-state index contributed by atoms with van der Waals surface area (Å²) in [6.07, 6.45) is 4.64. The lowest BCUT2D eigenvalue weighted by Gasteiger charge is -2.25. The van der Waals surface area contributed by atoms with Gasteiger partial charge in [-0.3, -0.25) is 9.78 Å². The summed E-state index contributed by atoms with van der Waals surface area (Å²) in [7, 11) is 1.58. The van der Waals surface area contributed by atoms with Crippen molar-refractivity contribution in [1.82, 2.24) is 14.9 Å². The molecule has 4 rings (SSSR count). The summed E-state index contributed by atoms with van der Waals surface area (Å²) in [4.78, 5) is 26.3. The normalized spacial score (nSPS) is 14.8. The van der Waals surface area contributed by atoms with E-state index >= 15 is 0 Å². The van der Waals surface area contributed by atoms with Crippen LogP contribution in [0.2, 0.25) is 0 Å². The van der Waals surface area contributed by atoms with Gasteiger partial charge in [0.2, 0.25) is 5.88 Å². The van der Waals surface area contributed by atoms with Crippen molar-refractivity contribution >= 4 is 22.5 Å².